The summed E-state index contributed by atoms with van der Waals surface area (Å²) in [4.78, 5) is 13.4. The quantitative estimate of drug-likeness (QED) is 0.356. The summed E-state index contributed by atoms with van der Waals surface area (Å²) in [5.74, 6) is 0.480. The molecule has 0 bridgehead atoms. The zero-order chi connectivity index (χ0) is 24.1. The van der Waals surface area contributed by atoms with E-state index < -0.39 is 11.7 Å². The zero-order valence-electron chi connectivity index (χ0n) is 19.4. The molecular formula is C26H28O7. The molecule has 1 aromatic heterocycles. The van der Waals surface area contributed by atoms with Gasteiger partial charge in [-0.25, -0.2) is 0 Å². The van der Waals surface area contributed by atoms with Gasteiger partial charge in [0.2, 0.25) is 0 Å². The second-order valence-corrected chi connectivity index (χ2v) is 9.10. The van der Waals surface area contributed by atoms with Gasteiger partial charge in [-0.15, -0.1) is 0 Å². The van der Waals surface area contributed by atoms with Gasteiger partial charge in [0.15, 0.2) is 22.9 Å². The lowest BCUT2D eigenvalue weighted by atomic mass is 9.91. The number of phenols is 2. The van der Waals surface area contributed by atoms with Gasteiger partial charge < -0.3 is 29.2 Å². The first-order chi connectivity index (χ1) is 15.5. The van der Waals surface area contributed by atoms with Crippen molar-refractivity contribution >= 4 is 16.8 Å². The molecule has 0 saturated carbocycles. The first-order valence-electron chi connectivity index (χ1n) is 10.8. The molecule has 1 atom stereocenters. The van der Waals surface area contributed by atoms with Crippen LogP contribution < -0.4 is 9.47 Å². The number of benzene rings is 2. The van der Waals surface area contributed by atoms with Crippen LogP contribution in [0, 0.1) is 0 Å². The minimum Gasteiger partial charge on any atom is -0.504 e. The molecule has 0 aliphatic carbocycles. The maximum atomic E-state index is 13.4. The van der Waals surface area contributed by atoms with Crippen molar-refractivity contribution in [3.63, 3.8) is 0 Å². The van der Waals surface area contributed by atoms with Crippen LogP contribution in [-0.4, -0.2) is 28.2 Å². The van der Waals surface area contributed by atoms with E-state index in [-0.39, 0.29) is 23.7 Å². The molecule has 7 nitrogen and oxygen atoms in total. The monoisotopic (exact) mass is 452 g/mol. The number of hydrogen-bond acceptors (Lipinski definition) is 7. The van der Waals surface area contributed by atoms with Crippen LogP contribution in [0.15, 0.2) is 40.3 Å². The average molecular weight is 453 g/mol. The number of carbonyl (C=O) groups is 1. The summed E-state index contributed by atoms with van der Waals surface area (Å²) in [6.07, 6.45) is 1.85. The van der Waals surface area contributed by atoms with Gasteiger partial charge in [0, 0.05) is 5.56 Å². The number of carbonyl (C=O) groups excluding carboxylic acids is 1. The minimum atomic E-state index is -1.25. The third kappa shape index (κ3) is 4.04. The highest BCUT2D eigenvalue weighted by molar-refractivity contribution is 6.12. The Morgan fingerprint density at radius 2 is 1.94 bits per heavy atom. The number of fused-ring (bicyclic) bond motifs is 3. The first kappa shape index (κ1) is 22.7. The van der Waals surface area contributed by atoms with Gasteiger partial charge in [-0.2, -0.15) is 0 Å². The second kappa shape index (κ2) is 8.15. The molecule has 0 radical (unpaired) electrons. The van der Waals surface area contributed by atoms with Crippen LogP contribution in [0.1, 0.15) is 67.5 Å². The van der Waals surface area contributed by atoms with Crippen molar-refractivity contribution in [3.8, 4) is 23.0 Å². The summed E-state index contributed by atoms with van der Waals surface area (Å²) < 4.78 is 18.1. The molecule has 4 rings (SSSR count). The van der Waals surface area contributed by atoms with Crippen LogP contribution in [0.25, 0.3) is 11.0 Å². The number of allylic oxidation sites excluding steroid dienone is 2. The number of hydrogen-bond donors (Lipinski definition) is 3. The molecule has 3 N–H and O–H groups in total. The molecule has 1 aliphatic heterocycles. The van der Waals surface area contributed by atoms with Gasteiger partial charge in [0.05, 0.1) is 18.9 Å². The third-order valence-electron chi connectivity index (χ3n) is 5.78. The van der Waals surface area contributed by atoms with E-state index in [0.29, 0.717) is 51.3 Å². The predicted molar refractivity (Wildman–Crippen MR) is 123 cm³/mol. The fraction of sp³-hybridized carbons (Fsp3) is 0.346. The normalized spacial score (nSPS) is 15.8. The van der Waals surface area contributed by atoms with Crippen molar-refractivity contribution in [2.24, 2.45) is 0 Å². The van der Waals surface area contributed by atoms with Gasteiger partial charge in [-0.3, -0.25) is 4.79 Å². The minimum absolute atomic E-state index is 0.0271. The lowest BCUT2D eigenvalue weighted by Crippen LogP contribution is -2.22. The van der Waals surface area contributed by atoms with Crippen molar-refractivity contribution in [2.75, 3.05) is 7.11 Å². The number of furan rings is 1. The van der Waals surface area contributed by atoms with Gasteiger partial charge in [-0.1, -0.05) is 17.7 Å². The highest BCUT2D eigenvalue weighted by atomic mass is 16.5. The van der Waals surface area contributed by atoms with Crippen LogP contribution in [0.2, 0.25) is 0 Å². The summed E-state index contributed by atoms with van der Waals surface area (Å²) in [5, 5.41) is 30.7. The van der Waals surface area contributed by atoms with Crippen molar-refractivity contribution in [1.82, 2.24) is 0 Å². The Kier molecular flexibility index (Phi) is 5.62. The number of aromatic hydroxyl groups is 2. The summed E-state index contributed by atoms with van der Waals surface area (Å²) >= 11 is 0. The third-order valence-corrected chi connectivity index (χ3v) is 5.78. The Morgan fingerprint density at radius 1 is 1.21 bits per heavy atom. The second-order valence-electron chi connectivity index (χ2n) is 9.10. The van der Waals surface area contributed by atoms with Crippen molar-refractivity contribution < 1.29 is 34.0 Å². The summed E-state index contributed by atoms with van der Waals surface area (Å²) in [6.45, 7) is 7.18. The summed E-state index contributed by atoms with van der Waals surface area (Å²) in [6, 6.07) is 6.08. The molecule has 0 spiro atoms. The van der Waals surface area contributed by atoms with Crippen LogP contribution in [0.3, 0.4) is 0 Å². The smallest absolute Gasteiger partial charge is 0.174 e. The van der Waals surface area contributed by atoms with E-state index in [4.69, 9.17) is 13.9 Å². The topological polar surface area (TPSA) is 109 Å². The Morgan fingerprint density at radius 3 is 2.55 bits per heavy atom. The summed E-state index contributed by atoms with van der Waals surface area (Å²) in [5.41, 5.74) is 1.74. The number of methoxy groups -OCH3 is 1. The lowest BCUT2D eigenvalue weighted by Gasteiger charge is -2.28. The number of ketones is 1. The average Bonchev–Trinajstić information content (AvgIpc) is 3.18. The molecule has 0 saturated heterocycles. The predicted octanol–water partition coefficient (Wildman–Crippen LogP) is 5.30. The first-order valence-corrected chi connectivity index (χ1v) is 10.8. The van der Waals surface area contributed by atoms with E-state index in [9.17, 15) is 20.1 Å². The van der Waals surface area contributed by atoms with E-state index in [1.54, 1.807) is 33.1 Å². The number of Topliss-reactive ketones (excluding diaryl/α,β-unsaturated/α-hetero) is 1. The largest absolute Gasteiger partial charge is 0.504 e. The highest BCUT2D eigenvalue weighted by Crippen LogP contribution is 2.49. The molecule has 2 aromatic carbocycles. The van der Waals surface area contributed by atoms with Gasteiger partial charge in [-0.05, 0) is 57.9 Å². The van der Waals surface area contributed by atoms with E-state index >= 15 is 0 Å². The lowest BCUT2D eigenvalue weighted by molar-refractivity contribution is 0.0556. The van der Waals surface area contributed by atoms with E-state index in [1.165, 1.54) is 12.1 Å². The van der Waals surface area contributed by atoms with Crippen molar-refractivity contribution in [1.29, 1.82) is 0 Å². The summed E-state index contributed by atoms with van der Waals surface area (Å²) in [7, 11) is 1.55. The fourth-order valence-electron chi connectivity index (χ4n) is 4.06. The molecular weight excluding hydrogens is 424 g/mol. The molecule has 0 fully saturated rings. The van der Waals surface area contributed by atoms with E-state index in [0.717, 1.165) is 5.57 Å². The van der Waals surface area contributed by atoms with Crippen molar-refractivity contribution in [2.45, 2.75) is 52.2 Å². The fourth-order valence-corrected chi connectivity index (χ4v) is 4.06. The Hall–Kier alpha value is -3.45. The van der Waals surface area contributed by atoms with Gasteiger partial charge in [0.1, 0.15) is 34.5 Å². The maximum absolute atomic E-state index is 13.4. The molecule has 0 amide bonds. The van der Waals surface area contributed by atoms with E-state index in [2.05, 4.69) is 0 Å². The molecule has 7 heteroatoms. The zero-order valence-corrected chi connectivity index (χ0v) is 19.4. The Labute approximate surface area is 191 Å². The molecule has 2 heterocycles. The number of aliphatic hydroxyl groups is 1. The highest BCUT2D eigenvalue weighted by Gasteiger charge is 2.36. The van der Waals surface area contributed by atoms with Crippen LogP contribution in [0.5, 0.6) is 23.0 Å². The van der Waals surface area contributed by atoms with Crippen molar-refractivity contribution in [3.05, 3.63) is 58.4 Å². The Balaban J connectivity index is 1.97. The van der Waals surface area contributed by atoms with Crippen LogP contribution in [0.4, 0.5) is 0 Å². The van der Waals surface area contributed by atoms with Gasteiger partial charge >= 0.3 is 0 Å². The number of rotatable bonds is 5. The SMILES string of the molecule is COc1c(CC=C(C)C)c2c(c3oc(C(C)(C)O)cc13)C(=O)C[C@@H](c1ccc(O)c(O)c1)O2. The van der Waals surface area contributed by atoms with Gasteiger partial charge in [0.25, 0.3) is 0 Å². The molecule has 174 valence electrons. The molecule has 3 aromatic rings. The standard InChI is InChI=1S/C26H28O7/c1-13(2)6-8-15-23(31-5)16-11-21(26(3,4)30)33-25(16)22-19(29)12-20(32-24(15)22)14-7-9-17(27)18(28)10-14/h6-7,9-11,20,27-28,30H,8,12H2,1-5H3/t20-/m0/s1. The van der Waals surface area contributed by atoms with E-state index in [1.807, 2.05) is 19.9 Å². The number of phenolic OH excluding ortho intramolecular Hbond substituents is 2. The maximum Gasteiger partial charge on any atom is 0.174 e. The molecule has 1 aliphatic rings. The molecule has 0 unspecified atom stereocenters. The van der Waals surface area contributed by atoms with Crippen LogP contribution >= 0.6 is 0 Å². The molecule has 33 heavy (non-hydrogen) atoms. The Bertz CT molecular complexity index is 1270. The number of ether oxygens (including phenoxy) is 2. The van der Waals surface area contributed by atoms with Crippen LogP contribution in [-0.2, 0) is 12.0 Å².